The monoisotopic (exact) mass is 368 g/mol. The first-order valence-corrected chi connectivity index (χ1v) is 9.34. The molecule has 7 heteroatoms. The van der Waals surface area contributed by atoms with Crippen LogP contribution >= 0.6 is 0 Å². The fraction of sp³-hybridized carbons (Fsp3) is 0.500. The fourth-order valence-corrected chi connectivity index (χ4v) is 3.69. The first-order valence-electron chi connectivity index (χ1n) is 9.34. The zero-order chi connectivity index (χ0) is 19.4. The van der Waals surface area contributed by atoms with E-state index in [0.717, 1.165) is 18.5 Å². The summed E-state index contributed by atoms with van der Waals surface area (Å²) in [5.74, 6) is 0.00989. The van der Waals surface area contributed by atoms with Crippen molar-refractivity contribution < 1.29 is 14.4 Å². The second-order valence-corrected chi connectivity index (χ2v) is 7.11. The highest BCUT2D eigenvalue weighted by molar-refractivity contribution is 5.94. The zero-order valence-corrected chi connectivity index (χ0v) is 15.6. The van der Waals surface area contributed by atoms with Gasteiger partial charge >= 0.3 is 0 Å². The lowest BCUT2D eigenvalue weighted by molar-refractivity contribution is -0.155. The maximum Gasteiger partial charge on any atom is 0.245 e. The minimum Gasteiger partial charge on any atom is -0.343 e. The summed E-state index contributed by atoms with van der Waals surface area (Å²) in [5.41, 5.74) is 1.37. The van der Waals surface area contributed by atoms with Gasteiger partial charge in [0.05, 0.1) is 18.2 Å². The normalized spacial score (nSPS) is 20.4. The molecule has 0 bridgehead atoms. The molecule has 2 saturated heterocycles. The molecule has 1 atom stereocenters. The molecule has 0 aromatic heterocycles. The van der Waals surface area contributed by atoms with Crippen molar-refractivity contribution in [3.8, 4) is 6.07 Å². The summed E-state index contributed by atoms with van der Waals surface area (Å²) < 4.78 is 0. The van der Waals surface area contributed by atoms with E-state index in [1.54, 1.807) is 34.9 Å². The number of rotatable bonds is 6. The zero-order valence-electron chi connectivity index (χ0n) is 15.6. The number of carbonyl (C=O) groups excluding carboxylic acids is 3. The standard InChI is InChI=1S/C20H24N4O3/c1-15-20(27)23(10-4-9-22-8-3-7-18(22)25)14-19(26)24(15)13-17-6-2-5-16(11-17)12-21/h2,5-6,11,15H,3-4,7-10,13-14H2,1H3/t15-/m0/s1. The summed E-state index contributed by atoms with van der Waals surface area (Å²) in [4.78, 5) is 41.9. The Bertz CT molecular complexity index is 786. The van der Waals surface area contributed by atoms with Crippen LogP contribution in [0, 0.1) is 11.3 Å². The van der Waals surface area contributed by atoms with Crippen molar-refractivity contribution in [2.24, 2.45) is 0 Å². The predicted molar refractivity (Wildman–Crippen MR) is 98.2 cm³/mol. The molecule has 0 saturated carbocycles. The number of nitriles is 1. The molecule has 0 spiro atoms. The third kappa shape index (κ3) is 4.27. The van der Waals surface area contributed by atoms with Gasteiger partial charge in [-0.3, -0.25) is 14.4 Å². The largest absolute Gasteiger partial charge is 0.343 e. The van der Waals surface area contributed by atoms with Gasteiger partial charge in [-0.25, -0.2) is 0 Å². The number of carbonyl (C=O) groups is 3. The van der Waals surface area contributed by atoms with Crippen molar-refractivity contribution in [2.45, 2.75) is 38.8 Å². The third-order valence-electron chi connectivity index (χ3n) is 5.22. The van der Waals surface area contributed by atoms with Gasteiger partial charge in [0.2, 0.25) is 17.7 Å². The Morgan fingerprint density at radius 1 is 1.15 bits per heavy atom. The Hall–Kier alpha value is -2.88. The van der Waals surface area contributed by atoms with Crippen LogP contribution in [0.4, 0.5) is 0 Å². The van der Waals surface area contributed by atoms with E-state index in [1.807, 2.05) is 11.0 Å². The average molecular weight is 368 g/mol. The molecule has 1 aromatic rings. The molecule has 0 radical (unpaired) electrons. The summed E-state index contributed by atoms with van der Waals surface area (Å²) >= 11 is 0. The lowest BCUT2D eigenvalue weighted by atomic mass is 10.1. The molecule has 2 heterocycles. The summed E-state index contributed by atoms with van der Waals surface area (Å²) in [6.07, 6.45) is 2.20. The minimum absolute atomic E-state index is 0.0645. The lowest BCUT2D eigenvalue weighted by Crippen LogP contribution is -2.58. The van der Waals surface area contributed by atoms with Crippen LogP contribution in [-0.4, -0.2) is 64.6 Å². The molecule has 0 aliphatic carbocycles. The Balaban J connectivity index is 1.57. The van der Waals surface area contributed by atoms with Crippen LogP contribution in [-0.2, 0) is 20.9 Å². The number of hydrogen-bond acceptors (Lipinski definition) is 4. The Morgan fingerprint density at radius 2 is 1.93 bits per heavy atom. The molecule has 2 aliphatic heterocycles. The number of benzene rings is 1. The van der Waals surface area contributed by atoms with Crippen molar-refractivity contribution in [3.63, 3.8) is 0 Å². The molecule has 0 unspecified atom stereocenters. The lowest BCUT2D eigenvalue weighted by Gasteiger charge is -2.39. The maximum absolute atomic E-state index is 12.7. The topological polar surface area (TPSA) is 84.7 Å². The summed E-state index contributed by atoms with van der Waals surface area (Å²) in [6.45, 7) is 4.03. The molecule has 0 N–H and O–H groups in total. The van der Waals surface area contributed by atoms with Crippen LogP contribution in [0.15, 0.2) is 24.3 Å². The number of likely N-dealkylation sites (tertiary alicyclic amines) is 1. The van der Waals surface area contributed by atoms with E-state index in [-0.39, 0.29) is 24.3 Å². The SMILES string of the molecule is C[C@H]1C(=O)N(CCCN2CCCC2=O)CC(=O)N1Cc1cccc(C#N)c1. The van der Waals surface area contributed by atoms with Crippen LogP contribution in [0.2, 0.25) is 0 Å². The average Bonchev–Trinajstić information content (AvgIpc) is 3.08. The van der Waals surface area contributed by atoms with E-state index in [2.05, 4.69) is 6.07 Å². The molecule has 3 rings (SSSR count). The van der Waals surface area contributed by atoms with Crippen LogP contribution in [0.25, 0.3) is 0 Å². The van der Waals surface area contributed by atoms with Crippen molar-refractivity contribution >= 4 is 17.7 Å². The van der Waals surface area contributed by atoms with Gasteiger partial charge in [0.15, 0.2) is 0 Å². The van der Waals surface area contributed by atoms with Gasteiger partial charge in [0.25, 0.3) is 0 Å². The number of nitrogens with zero attached hydrogens (tertiary/aromatic N) is 4. The van der Waals surface area contributed by atoms with Crippen LogP contribution in [0.1, 0.15) is 37.3 Å². The number of hydrogen-bond donors (Lipinski definition) is 0. The summed E-state index contributed by atoms with van der Waals surface area (Å²) in [5, 5.41) is 9.01. The maximum atomic E-state index is 12.7. The van der Waals surface area contributed by atoms with E-state index in [9.17, 15) is 14.4 Å². The third-order valence-corrected chi connectivity index (χ3v) is 5.22. The van der Waals surface area contributed by atoms with Gasteiger partial charge in [-0.05, 0) is 37.5 Å². The molecule has 2 fully saturated rings. The van der Waals surface area contributed by atoms with Gasteiger partial charge < -0.3 is 14.7 Å². The van der Waals surface area contributed by atoms with Gasteiger partial charge in [0, 0.05) is 32.6 Å². The fourth-order valence-electron chi connectivity index (χ4n) is 3.69. The Kier molecular flexibility index (Phi) is 5.75. The number of amides is 3. The van der Waals surface area contributed by atoms with Crippen molar-refractivity contribution in [1.29, 1.82) is 5.26 Å². The van der Waals surface area contributed by atoms with E-state index < -0.39 is 6.04 Å². The Labute approximate surface area is 159 Å². The first-order chi connectivity index (χ1) is 13.0. The van der Waals surface area contributed by atoms with E-state index in [1.165, 1.54) is 0 Å². The van der Waals surface area contributed by atoms with Crippen molar-refractivity contribution in [1.82, 2.24) is 14.7 Å². The quantitative estimate of drug-likeness (QED) is 0.753. The molecular formula is C20H24N4O3. The van der Waals surface area contributed by atoms with Gasteiger partial charge in [-0.2, -0.15) is 5.26 Å². The minimum atomic E-state index is -0.537. The van der Waals surface area contributed by atoms with Crippen LogP contribution in [0.5, 0.6) is 0 Å². The second-order valence-electron chi connectivity index (χ2n) is 7.11. The number of piperazine rings is 1. The predicted octanol–water partition coefficient (Wildman–Crippen LogP) is 1.13. The molecule has 142 valence electrons. The van der Waals surface area contributed by atoms with Crippen molar-refractivity contribution in [3.05, 3.63) is 35.4 Å². The van der Waals surface area contributed by atoms with Gasteiger partial charge in [-0.1, -0.05) is 12.1 Å². The van der Waals surface area contributed by atoms with E-state index >= 15 is 0 Å². The summed E-state index contributed by atoms with van der Waals surface area (Å²) in [7, 11) is 0. The molecule has 27 heavy (non-hydrogen) atoms. The Morgan fingerprint density at radius 3 is 2.63 bits per heavy atom. The van der Waals surface area contributed by atoms with Crippen molar-refractivity contribution in [2.75, 3.05) is 26.2 Å². The van der Waals surface area contributed by atoms with E-state index in [4.69, 9.17) is 5.26 Å². The smallest absolute Gasteiger partial charge is 0.245 e. The molecule has 3 amide bonds. The highest BCUT2D eigenvalue weighted by Gasteiger charge is 2.36. The molecule has 7 nitrogen and oxygen atoms in total. The van der Waals surface area contributed by atoms with Gasteiger partial charge in [0.1, 0.15) is 6.04 Å². The molecule has 1 aromatic carbocycles. The molecule has 2 aliphatic rings. The van der Waals surface area contributed by atoms with Crippen LogP contribution < -0.4 is 0 Å². The highest BCUT2D eigenvalue weighted by atomic mass is 16.2. The molecular weight excluding hydrogens is 344 g/mol. The first kappa shape index (κ1) is 18.9. The van der Waals surface area contributed by atoms with Crippen LogP contribution in [0.3, 0.4) is 0 Å². The van der Waals surface area contributed by atoms with Gasteiger partial charge in [-0.15, -0.1) is 0 Å². The highest BCUT2D eigenvalue weighted by Crippen LogP contribution is 2.18. The summed E-state index contributed by atoms with van der Waals surface area (Å²) in [6, 6.07) is 8.63. The second kappa shape index (κ2) is 8.21. The van der Waals surface area contributed by atoms with E-state index in [0.29, 0.717) is 38.0 Å².